The molecule has 0 atom stereocenters. The number of para-hydroxylation sites is 4. The average Bonchev–Trinajstić information content (AvgIpc) is 3.91. The number of benzene rings is 11. The minimum absolute atomic E-state index is 0.989. The molecule has 0 saturated carbocycles. The van der Waals surface area contributed by atoms with Crippen LogP contribution in [0.15, 0.2) is 237 Å². The molecule has 0 unspecified atom stereocenters. The highest BCUT2D eigenvalue weighted by atomic mass is 15.1. The Morgan fingerprint density at radius 3 is 1.29 bits per heavy atom. The van der Waals surface area contributed by atoms with E-state index in [1.165, 1.54) is 104 Å². The van der Waals surface area contributed by atoms with Crippen LogP contribution in [0.2, 0.25) is 0 Å². The van der Waals surface area contributed by atoms with E-state index in [0.717, 1.165) is 41.3 Å². The first-order valence-electron chi connectivity index (χ1n) is 25.1. The zero-order valence-electron chi connectivity index (χ0n) is 40.3. The van der Waals surface area contributed by atoms with E-state index in [4.69, 9.17) is 0 Å². The second-order valence-corrected chi connectivity index (χ2v) is 19.2. The molecule has 0 bridgehead atoms. The molecule has 0 radical (unpaired) electrons. The molecule has 342 valence electrons. The van der Waals surface area contributed by atoms with Crippen LogP contribution < -0.4 is 9.80 Å². The molecule has 14 rings (SSSR count). The summed E-state index contributed by atoms with van der Waals surface area (Å²) < 4.78 is 4.92. The van der Waals surface area contributed by atoms with Gasteiger partial charge in [0.1, 0.15) is 0 Å². The highest BCUT2D eigenvalue weighted by Gasteiger charge is 2.25. The van der Waals surface area contributed by atoms with Crippen LogP contribution in [-0.4, -0.2) is 9.13 Å². The molecular formula is C68H50N4. The zero-order valence-corrected chi connectivity index (χ0v) is 40.3. The Kier molecular flexibility index (Phi) is 9.75. The Bertz CT molecular complexity index is 4200. The standard InChI is InChI=1S/C68H50N4/c1-69-63-43-45(51-39-41-61(55-31-17-15-29-53(51)55)71(47-21-7-3-8-22-47)48-23-9-4-10-24-48)35-37-59(63)65-57-33-19-20-34-58(57)66-60-38-36-46(44-64(60)70(2)68(66)67(65)69)52-40-42-62(56-32-18-16-30-54(52)56)72(49-25-11-5-12-26-49)50-27-13-6-14-28-50/h3-15,17-29,31-44H,16,30H2,1-2H3. The summed E-state index contributed by atoms with van der Waals surface area (Å²) in [6.45, 7) is 0. The maximum atomic E-state index is 2.47. The molecule has 0 aliphatic heterocycles. The highest BCUT2D eigenvalue weighted by molar-refractivity contribution is 6.36. The molecule has 0 fully saturated rings. The molecule has 72 heavy (non-hydrogen) atoms. The van der Waals surface area contributed by atoms with Crippen molar-refractivity contribution in [3.05, 3.63) is 248 Å². The number of nitrogens with zero attached hydrogens (tertiary/aromatic N) is 4. The second-order valence-electron chi connectivity index (χ2n) is 19.2. The Morgan fingerprint density at radius 1 is 0.361 bits per heavy atom. The lowest BCUT2D eigenvalue weighted by Gasteiger charge is -2.30. The van der Waals surface area contributed by atoms with Gasteiger partial charge in [0.15, 0.2) is 0 Å². The van der Waals surface area contributed by atoms with Crippen molar-refractivity contribution in [3.63, 3.8) is 0 Å². The lowest BCUT2D eigenvalue weighted by Crippen LogP contribution is -2.13. The van der Waals surface area contributed by atoms with Crippen molar-refractivity contribution < 1.29 is 0 Å². The number of anilines is 6. The van der Waals surface area contributed by atoms with E-state index in [9.17, 15) is 0 Å². The summed E-state index contributed by atoms with van der Waals surface area (Å²) in [5.41, 5.74) is 19.5. The molecule has 0 N–H and O–H groups in total. The summed E-state index contributed by atoms with van der Waals surface area (Å²) in [5.74, 6) is 0. The zero-order chi connectivity index (χ0) is 47.9. The van der Waals surface area contributed by atoms with Gasteiger partial charge in [-0.2, -0.15) is 0 Å². The number of aromatic nitrogens is 2. The van der Waals surface area contributed by atoms with Gasteiger partial charge < -0.3 is 18.9 Å². The first-order chi connectivity index (χ1) is 35.6. The van der Waals surface area contributed by atoms with E-state index in [1.54, 1.807) is 0 Å². The van der Waals surface area contributed by atoms with E-state index in [2.05, 4.69) is 276 Å². The number of rotatable bonds is 8. The number of aryl methyl sites for hydroxylation is 2. The van der Waals surface area contributed by atoms with Gasteiger partial charge in [-0.1, -0.05) is 170 Å². The van der Waals surface area contributed by atoms with E-state index in [1.807, 2.05) is 0 Å². The third-order valence-electron chi connectivity index (χ3n) is 15.3. The van der Waals surface area contributed by atoms with Gasteiger partial charge in [-0.3, -0.25) is 0 Å². The van der Waals surface area contributed by atoms with Crippen molar-refractivity contribution in [2.24, 2.45) is 14.1 Å². The van der Waals surface area contributed by atoms with Crippen molar-refractivity contribution in [2.45, 2.75) is 12.8 Å². The topological polar surface area (TPSA) is 16.3 Å². The predicted octanol–water partition coefficient (Wildman–Crippen LogP) is 18.5. The molecular weight excluding hydrogens is 873 g/mol. The quantitative estimate of drug-likeness (QED) is 0.151. The van der Waals surface area contributed by atoms with Crippen molar-refractivity contribution >= 4 is 105 Å². The van der Waals surface area contributed by atoms with Gasteiger partial charge in [0.25, 0.3) is 0 Å². The van der Waals surface area contributed by atoms with Gasteiger partial charge in [-0.25, -0.2) is 0 Å². The van der Waals surface area contributed by atoms with Crippen LogP contribution in [0.4, 0.5) is 34.1 Å². The maximum Gasteiger partial charge on any atom is 0.0742 e. The van der Waals surface area contributed by atoms with Gasteiger partial charge in [-0.05, 0) is 130 Å². The molecule has 0 amide bonds. The summed E-state index contributed by atoms with van der Waals surface area (Å²) in [6, 6.07) is 84.4. The summed E-state index contributed by atoms with van der Waals surface area (Å²) >= 11 is 0. The summed E-state index contributed by atoms with van der Waals surface area (Å²) in [5, 5.41) is 10.1. The molecule has 2 aromatic heterocycles. The maximum absolute atomic E-state index is 2.47. The smallest absolute Gasteiger partial charge is 0.0742 e. The fraction of sp³-hybridized carbons (Fsp3) is 0.0588. The van der Waals surface area contributed by atoms with Gasteiger partial charge in [0.05, 0.1) is 22.4 Å². The summed E-state index contributed by atoms with van der Waals surface area (Å²) in [6.07, 6.45) is 6.70. The van der Waals surface area contributed by atoms with E-state index >= 15 is 0 Å². The van der Waals surface area contributed by atoms with Gasteiger partial charge in [0.2, 0.25) is 0 Å². The number of allylic oxidation sites excluding steroid dienone is 1. The molecule has 11 aromatic carbocycles. The Hall–Kier alpha value is -9.12. The van der Waals surface area contributed by atoms with Crippen molar-refractivity contribution in [3.8, 4) is 22.3 Å². The highest BCUT2D eigenvalue weighted by Crippen LogP contribution is 2.48. The predicted molar refractivity (Wildman–Crippen MR) is 307 cm³/mol. The Morgan fingerprint density at radius 2 is 0.778 bits per heavy atom. The monoisotopic (exact) mass is 922 g/mol. The molecule has 1 aliphatic rings. The van der Waals surface area contributed by atoms with E-state index < -0.39 is 0 Å². The summed E-state index contributed by atoms with van der Waals surface area (Å²) in [7, 11) is 4.53. The number of hydrogen-bond acceptors (Lipinski definition) is 2. The fourth-order valence-corrected chi connectivity index (χ4v) is 12.1. The minimum Gasteiger partial charge on any atom is -0.342 e. The number of fused-ring (bicyclic) bond motifs is 12. The van der Waals surface area contributed by atoms with Crippen LogP contribution in [0.1, 0.15) is 17.5 Å². The molecule has 0 spiro atoms. The molecule has 1 aliphatic carbocycles. The van der Waals surface area contributed by atoms with Gasteiger partial charge >= 0.3 is 0 Å². The first kappa shape index (κ1) is 41.8. The molecule has 13 aromatic rings. The van der Waals surface area contributed by atoms with Crippen molar-refractivity contribution in [1.29, 1.82) is 0 Å². The van der Waals surface area contributed by atoms with Crippen LogP contribution in [0.5, 0.6) is 0 Å². The van der Waals surface area contributed by atoms with Crippen LogP contribution in [0.25, 0.3) is 93.5 Å². The van der Waals surface area contributed by atoms with Gasteiger partial charge in [-0.15, -0.1) is 0 Å². The fourth-order valence-electron chi connectivity index (χ4n) is 12.1. The lowest BCUT2D eigenvalue weighted by atomic mass is 9.87. The lowest BCUT2D eigenvalue weighted by molar-refractivity contribution is 0.983. The third kappa shape index (κ3) is 6.46. The van der Waals surface area contributed by atoms with Gasteiger partial charge in [0, 0.05) is 80.4 Å². The second kappa shape index (κ2) is 16.8. The SMILES string of the molecule is Cn1c2cc(-c3ccc(N(c4ccccc4)c4ccccc4)c4c3CCC=C4)ccc2c2c3ccccc3c3c4ccc(-c5ccc(N(c6ccccc6)c6ccccc6)c6ccccc56)cc4n(C)c3c21. The van der Waals surface area contributed by atoms with E-state index in [-0.39, 0.29) is 0 Å². The Labute approximate surface area is 419 Å². The average molecular weight is 923 g/mol. The Balaban J connectivity index is 0.935. The normalized spacial score (nSPS) is 12.4. The largest absolute Gasteiger partial charge is 0.342 e. The van der Waals surface area contributed by atoms with Crippen molar-refractivity contribution in [1.82, 2.24) is 9.13 Å². The van der Waals surface area contributed by atoms with Crippen LogP contribution >= 0.6 is 0 Å². The van der Waals surface area contributed by atoms with E-state index in [0.29, 0.717) is 0 Å². The van der Waals surface area contributed by atoms with Crippen LogP contribution in [-0.2, 0) is 20.5 Å². The third-order valence-corrected chi connectivity index (χ3v) is 15.3. The molecule has 4 heteroatoms. The minimum atomic E-state index is 0.989. The van der Waals surface area contributed by atoms with Crippen LogP contribution in [0, 0.1) is 0 Å². The summed E-state index contributed by atoms with van der Waals surface area (Å²) in [4.78, 5) is 4.77. The molecule has 2 heterocycles. The number of hydrogen-bond donors (Lipinski definition) is 0. The molecule has 0 saturated heterocycles. The molecule has 4 nitrogen and oxygen atoms in total. The first-order valence-corrected chi connectivity index (χ1v) is 25.1. The van der Waals surface area contributed by atoms with Crippen molar-refractivity contribution in [2.75, 3.05) is 9.80 Å². The van der Waals surface area contributed by atoms with Crippen LogP contribution in [0.3, 0.4) is 0 Å².